The van der Waals surface area contributed by atoms with E-state index >= 15 is 0 Å². The van der Waals surface area contributed by atoms with Crippen LogP contribution in [-0.2, 0) is 6.54 Å². The maximum Gasteiger partial charge on any atom is 0.0834 e. The second kappa shape index (κ2) is 4.62. The lowest BCUT2D eigenvalue weighted by Crippen LogP contribution is -2.31. The molecule has 0 amide bonds. The highest BCUT2D eigenvalue weighted by Crippen LogP contribution is 2.48. The van der Waals surface area contributed by atoms with Crippen molar-refractivity contribution in [1.29, 1.82) is 0 Å². The highest BCUT2D eigenvalue weighted by atomic mass is 35.5. The molecule has 2 unspecified atom stereocenters. The van der Waals surface area contributed by atoms with Gasteiger partial charge in [0.05, 0.1) is 23.0 Å². The summed E-state index contributed by atoms with van der Waals surface area (Å²) in [5.41, 5.74) is 7.77. The molecule has 1 aliphatic carbocycles. The first-order chi connectivity index (χ1) is 7.97. The van der Waals surface area contributed by atoms with Gasteiger partial charge in [-0.25, -0.2) is 0 Å². The van der Waals surface area contributed by atoms with Crippen LogP contribution in [0.25, 0.3) is 0 Å². The Morgan fingerprint density at radius 2 is 2.35 bits per heavy atom. The number of nitrogens with two attached hydrogens (primary N) is 1. The molecule has 1 aliphatic rings. The lowest BCUT2D eigenvalue weighted by molar-refractivity contribution is 0.216. The molecular weight excluding hydrogens is 234 g/mol. The Morgan fingerprint density at radius 1 is 1.65 bits per heavy atom. The van der Waals surface area contributed by atoms with E-state index in [4.69, 9.17) is 17.3 Å². The van der Waals surface area contributed by atoms with Crippen molar-refractivity contribution in [3.8, 4) is 0 Å². The van der Waals surface area contributed by atoms with E-state index in [0.29, 0.717) is 16.4 Å². The molecule has 0 bridgehead atoms. The highest BCUT2D eigenvalue weighted by molar-refractivity contribution is 6.31. The van der Waals surface area contributed by atoms with E-state index in [1.165, 1.54) is 19.3 Å². The Kier molecular flexibility index (Phi) is 3.50. The van der Waals surface area contributed by atoms with Gasteiger partial charge in [-0.1, -0.05) is 31.9 Å². The Hall–Kier alpha value is -0.540. The summed E-state index contributed by atoms with van der Waals surface area (Å²) in [7, 11) is 0. The summed E-state index contributed by atoms with van der Waals surface area (Å²) in [6.45, 7) is 7.51. The number of rotatable bonds is 3. The Morgan fingerprint density at radius 3 is 2.88 bits per heavy atom. The molecule has 0 spiro atoms. The van der Waals surface area contributed by atoms with Crippen LogP contribution in [0.1, 0.15) is 51.8 Å². The van der Waals surface area contributed by atoms with E-state index in [1.807, 2.05) is 4.68 Å². The molecule has 1 aromatic heterocycles. The Balaban J connectivity index is 2.30. The molecule has 1 saturated carbocycles. The van der Waals surface area contributed by atoms with Crippen molar-refractivity contribution in [2.75, 3.05) is 0 Å². The van der Waals surface area contributed by atoms with Gasteiger partial charge in [0, 0.05) is 6.54 Å². The normalized spacial score (nSPS) is 25.1. The van der Waals surface area contributed by atoms with Gasteiger partial charge in [0.2, 0.25) is 0 Å². The molecule has 17 heavy (non-hydrogen) atoms. The standard InChI is InChI=1S/C13H22ClN3/c1-4-17-12(10(14)8-16-17)11(15)9-6-5-7-13(9,2)3/h8-9,11H,4-7,15H2,1-3H3. The molecule has 1 heterocycles. The van der Waals surface area contributed by atoms with Gasteiger partial charge in [0.15, 0.2) is 0 Å². The van der Waals surface area contributed by atoms with E-state index in [2.05, 4.69) is 25.9 Å². The van der Waals surface area contributed by atoms with Crippen LogP contribution in [0, 0.1) is 11.3 Å². The molecule has 0 saturated heterocycles. The predicted molar refractivity (Wildman–Crippen MR) is 71.0 cm³/mol. The van der Waals surface area contributed by atoms with Crippen molar-refractivity contribution >= 4 is 11.6 Å². The summed E-state index contributed by atoms with van der Waals surface area (Å²) >= 11 is 6.23. The maximum atomic E-state index is 6.45. The van der Waals surface area contributed by atoms with Crippen LogP contribution in [-0.4, -0.2) is 9.78 Å². The van der Waals surface area contributed by atoms with Gasteiger partial charge in [0.1, 0.15) is 0 Å². The van der Waals surface area contributed by atoms with Gasteiger partial charge in [0.25, 0.3) is 0 Å². The first kappa shape index (κ1) is 12.9. The van der Waals surface area contributed by atoms with Crippen LogP contribution in [0.5, 0.6) is 0 Å². The Labute approximate surface area is 108 Å². The van der Waals surface area contributed by atoms with Gasteiger partial charge in [-0.15, -0.1) is 0 Å². The lowest BCUT2D eigenvalue weighted by atomic mass is 9.77. The van der Waals surface area contributed by atoms with Crippen LogP contribution < -0.4 is 5.73 Å². The zero-order valence-electron chi connectivity index (χ0n) is 10.9. The zero-order valence-corrected chi connectivity index (χ0v) is 11.7. The third-order valence-corrected chi connectivity index (χ3v) is 4.51. The van der Waals surface area contributed by atoms with Gasteiger partial charge in [-0.2, -0.15) is 5.10 Å². The van der Waals surface area contributed by atoms with Crippen LogP contribution in [0.4, 0.5) is 0 Å². The molecule has 2 atom stereocenters. The molecule has 96 valence electrons. The van der Waals surface area contributed by atoms with Crippen molar-refractivity contribution in [2.24, 2.45) is 17.1 Å². The first-order valence-electron chi connectivity index (χ1n) is 6.44. The van der Waals surface area contributed by atoms with Crippen LogP contribution in [0.2, 0.25) is 5.02 Å². The Bertz CT molecular complexity index is 397. The SMILES string of the molecule is CCn1ncc(Cl)c1C(N)C1CCCC1(C)C. The van der Waals surface area contributed by atoms with E-state index in [-0.39, 0.29) is 6.04 Å². The summed E-state index contributed by atoms with van der Waals surface area (Å²) in [4.78, 5) is 0. The van der Waals surface area contributed by atoms with Crippen LogP contribution >= 0.6 is 11.6 Å². The van der Waals surface area contributed by atoms with Crippen molar-refractivity contribution in [1.82, 2.24) is 9.78 Å². The fraction of sp³-hybridized carbons (Fsp3) is 0.769. The quantitative estimate of drug-likeness (QED) is 0.900. The number of halogens is 1. The summed E-state index contributed by atoms with van der Waals surface area (Å²) in [6, 6.07) is 0.00227. The van der Waals surface area contributed by atoms with Gasteiger partial charge >= 0.3 is 0 Å². The molecule has 1 aromatic rings. The largest absolute Gasteiger partial charge is 0.322 e. The van der Waals surface area contributed by atoms with Gasteiger partial charge in [-0.3, -0.25) is 4.68 Å². The summed E-state index contributed by atoms with van der Waals surface area (Å²) < 4.78 is 1.93. The first-order valence-corrected chi connectivity index (χ1v) is 6.82. The summed E-state index contributed by atoms with van der Waals surface area (Å²) in [5, 5.41) is 4.99. The topological polar surface area (TPSA) is 43.8 Å². The molecule has 2 rings (SSSR count). The van der Waals surface area contributed by atoms with Crippen molar-refractivity contribution in [3.05, 3.63) is 16.9 Å². The fourth-order valence-electron chi connectivity index (χ4n) is 3.17. The minimum atomic E-state index is 0.00227. The third kappa shape index (κ3) is 2.23. The smallest absolute Gasteiger partial charge is 0.0834 e. The molecule has 1 fully saturated rings. The number of hydrogen-bond acceptors (Lipinski definition) is 2. The average Bonchev–Trinajstić information content (AvgIpc) is 2.80. The lowest BCUT2D eigenvalue weighted by Gasteiger charge is -2.32. The van der Waals surface area contributed by atoms with Gasteiger partial charge in [-0.05, 0) is 31.1 Å². The number of hydrogen-bond donors (Lipinski definition) is 1. The number of aryl methyl sites for hydroxylation is 1. The van der Waals surface area contributed by atoms with E-state index in [0.717, 1.165) is 12.2 Å². The molecule has 2 N–H and O–H groups in total. The predicted octanol–water partition coefficient (Wildman–Crippen LogP) is 3.38. The summed E-state index contributed by atoms with van der Waals surface area (Å²) in [6.07, 6.45) is 5.42. The minimum absolute atomic E-state index is 0.00227. The van der Waals surface area contributed by atoms with Gasteiger partial charge < -0.3 is 5.73 Å². The van der Waals surface area contributed by atoms with E-state index in [9.17, 15) is 0 Å². The highest BCUT2D eigenvalue weighted by Gasteiger charge is 2.40. The maximum absolute atomic E-state index is 6.45. The van der Waals surface area contributed by atoms with E-state index in [1.54, 1.807) is 6.20 Å². The fourth-order valence-corrected chi connectivity index (χ4v) is 3.43. The average molecular weight is 256 g/mol. The summed E-state index contributed by atoms with van der Waals surface area (Å²) in [5.74, 6) is 0.502. The van der Waals surface area contributed by atoms with Crippen LogP contribution in [0.15, 0.2) is 6.20 Å². The molecule has 0 aliphatic heterocycles. The van der Waals surface area contributed by atoms with Crippen molar-refractivity contribution in [2.45, 2.75) is 52.6 Å². The van der Waals surface area contributed by atoms with Crippen LogP contribution in [0.3, 0.4) is 0 Å². The molecule has 4 heteroatoms. The molecule has 0 aromatic carbocycles. The molecule has 3 nitrogen and oxygen atoms in total. The second-order valence-corrected chi connectivity index (χ2v) is 6.11. The van der Waals surface area contributed by atoms with E-state index < -0.39 is 0 Å². The molecular formula is C13H22ClN3. The zero-order chi connectivity index (χ0) is 12.6. The minimum Gasteiger partial charge on any atom is -0.322 e. The van der Waals surface area contributed by atoms with Crippen molar-refractivity contribution < 1.29 is 0 Å². The monoisotopic (exact) mass is 255 g/mol. The van der Waals surface area contributed by atoms with Crippen molar-refractivity contribution in [3.63, 3.8) is 0 Å². The third-order valence-electron chi connectivity index (χ3n) is 4.22. The number of nitrogens with zero attached hydrogens (tertiary/aromatic N) is 2. The number of aromatic nitrogens is 2. The second-order valence-electron chi connectivity index (χ2n) is 5.71. The molecule has 0 radical (unpaired) electrons.